The van der Waals surface area contributed by atoms with Gasteiger partial charge in [0.2, 0.25) is 11.7 Å². The van der Waals surface area contributed by atoms with Gasteiger partial charge in [-0.2, -0.15) is 0 Å². The minimum Gasteiger partial charge on any atom is -0.355 e. The molecule has 1 aliphatic carbocycles. The maximum Gasteiger partial charge on any atom is 0.262 e. The van der Waals surface area contributed by atoms with Crippen molar-refractivity contribution in [1.82, 2.24) is 24.5 Å². The van der Waals surface area contributed by atoms with Crippen LogP contribution in [0.4, 0.5) is 0 Å². The molecule has 1 N–H and O–H groups in total. The molecule has 0 aliphatic heterocycles. The number of fused-ring (bicyclic) bond motifs is 3. The summed E-state index contributed by atoms with van der Waals surface area (Å²) in [5.41, 5.74) is 2.16. The van der Waals surface area contributed by atoms with Crippen LogP contribution in [-0.4, -0.2) is 37.4 Å². The molecule has 164 valence electrons. The molecule has 0 radical (unpaired) electrons. The van der Waals surface area contributed by atoms with Crippen molar-refractivity contribution in [1.29, 1.82) is 0 Å². The summed E-state index contributed by atoms with van der Waals surface area (Å²) in [6.07, 6.45) is 8.09. The van der Waals surface area contributed by atoms with Crippen molar-refractivity contribution < 1.29 is 4.79 Å². The second-order valence-corrected chi connectivity index (χ2v) is 9.38. The quantitative estimate of drug-likeness (QED) is 0.426. The lowest BCUT2D eigenvalue weighted by Gasteiger charge is -2.13. The average molecular weight is 440 g/mol. The van der Waals surface area contributed by atoms with Crippen molar-refractivity contribution in [2.45, 2.75) is 57.7 Å². The second-order valence-electron chi connectivity index (χ2n) is 8.44. The normalized spacial score (nSPS) is 14.4. The molecule has 8 heteroatoms. The van der Waals surface area contributed by atoms with Crippen molar-refractivity contribution in [3.63, 3.8) is 0 Å². The van der Waals surface area contributed by atoms with Crippen LogP contribution in [0.3, 0.4) is 0 Å². The van der Waals surface area contributed by atoms with E-state index in [0.29, 0.717) is 35.3 Å². The molecule has 0 fully saturated rings. The van der Waals surface area contributed by atoms with Crippen LogP contribution in [0, 0.1) is 5.92 Å². The number of amides is 1. The first-order valence-electron chi connectivity index (χ1n) is 11.0. The molecule has 0 bridgehead atoms. The fourth-order valence-corrected chi connectivity index (χ4v) is 4.80. The highest BCUT2D eigenvalue weighted by atomic mass is 32.2. The maximum absolute atomic E-state index is 13.0. The van der Waals surface area contributed by atoms with Crippen LogP contribution in [0.2, 0.25) is 0 Å². The van der Waals surface area contributed by atoms with Crippen molar-refractivity contribution in [2.75, 3.05) is 12.3 Å². The third-order valence-electron chi connectivity index (χ3n) is 5.51. The van der Waals surface area contributed by atoms with Crippen molar-refractivity contribution in [2.24, 2.45) is 5.92 Å². The van der Waals surface area contributed by atoms with Gasteiger partial charge in [0.1, 0.15) is 0 Å². The van der Waals surface area contributed by atoms with Crippen LogP contribution in [0.5, 0.6) is 0 Å². The monoisotopic (exact) mass is 439 g/mol. The van der Waals surface area contributed by atoms with E-state index in [0.717, 1.165) is 24.8 Å². The lowest BCUT2D eigenvalue weighted by Crippen LogP contribution is -2.27. The molecule has 0 spiro atoms. The first-order valence-corrected chi connectivity index (χ1v) is 12.0. The molecule has 3 aromatic rings. The molecule has 0 saturated heterocycles. The molecule has 1 amide bonds. The Kier molecular flexibility index (Phi) is 6.75. The molecule has 1 aromatic carbocycles. The van der Waals surface area contributed by atoms with Crippen LogP contribution in [0.25, 0.3) is 16.7 Å². The van der Waals surface area contributed by atoms with E-state index >= 15 is 0 Å². The summed E-state index contributed by atoms with van der Waals surface area (Å²) >= 11 is 1.35. The van der Waals surface area contributed by atoms with Gasteiger partial charge in [-0.15, -0.1) is 10.2 Å². The van der Waals surface area contributed by atoms with E-state index < -0.39 is 0 Å². The summed E-state index contributed by atoms with van der Waals surface area (Å²) in [6.45, 7) is 5.37. The molecule has 31 heavy (non-hydrogen) atoms. The Morgan fingerprint density at radius 3 is 2.84 bits per heavy atom. The number of hydrogen-bond donors (Lipinski definition) is 1. The number of para-hydroxylation sites is 1. The van der Waals surface area contributed by atoms with Gasteiger partial charge in [0.05, 0.1) is 16.7 Å². The largest absolute Gasteiger partial charge is 0.355 e. The third kappa shape index (κ3) is 4.84. The number of aromatic nitrogens is 4. The van der Waals surface area contributed by atoms with E-state index in [1.54, 1.807) is 4.57 Å². The van der Waals surface area contributed by atoms with Gasteiger partial charge < -0.3 is 5.32 Å². The molecule has 4 rings (SSSR count). The lowest BCUT2D eigenvalue weighted by atomic mass is 9.97. The third-order valence-corrected chi connectivity index (χ3v) is 6.44. The molecular weight excluding hydrogens is 410 g/mol. The molecule has 2 aromatic heterocycles. The van der Waals surface area contributed by atoms with E-state index in [-0.39, 0.29) is 17.2 Å². The van der Waals surface area contributed by atoms with Gasteiger partial charge >= 0.3 is 0 Å². The van der Waals surface area contributed by atoms with Gasteiger partial charge in [-0.25, -0.2) is 0 Å². The van der Waals surface area contributed by atoms with Gasteiger partial charge in [0.15, 0.2) is 5.16 Å². The molecule has 0 atom stereocenters. The van der Waals surface area contributed by atoms with Crippen LogP contribution < -0.4 is 10.9 Å². The molecule has 1 aliphatic rings. The summed E-state index contributed by atoms with van der Waals surface area (Å²) < 4.78 is 3.58. The smallest absolute Gasteiger partial charge is 0.262 e. The number of carbonyl (C=O) groups is 1. The first-order chi connectivity index (χ1) is 15.0. The second kappa shape index (κ2) is 9.68. The molecule has 7 nitrogen and oxygen atoms in total. The van der Waals surface area contributed by atoms with E-state index in [9.17, 15) is 9.59 Å². The lowest BCUT2D eigenvalue weighted by molar-refractivity contribution is -0.118. The highest BCUT2D eigenvalue weighted by Crippen LogP contribution is 2.22. The van der Waals surface area contributed by atoms with Crippen LogP contribution >= 0.6 is 11.8 Å². The van der Waals surface area contributed by atoms with E-state index in [4.69, 9.17) is 0 Å². The van der Waals surface area contributed by atoms with Crippen molar-refractivity contribution >= 4 is 34.3 Å². The Labute approximate surface area is 185 Å². The van der Waals surface area contributed by atoms with Gasteiger partial charge in [-0.3, -0.25) is 18.6 Å². The number of allylic oxidation sites excluding steroid dienone is 1. The number of nitrogens with zero attached hydrogens (tertiary/aromatic N) is 4. The van der Waals surface area contributed by atoms with Crippen molar-refractivity contribution in [3.05, 3.63) is 46.3 Å². The summed E-state index contributed by atoms with van der Waals surface area (Å²) in [5, 5.41) is 12.9. The number of hydrogen-bond acceptors (Lipinski definition) is 5. The van der Waals surface area contributed by atoms with Gasteiger partial charge in [-0.05, 0) is 50.2 Å². The minimum atomic E-state index is -0.0597. The zero-order chi connectivity index (χ0) is 21.8. The number of thioether (sulfide) groups is 1. The minimum absolute atomic E-state index is 0.0158. The predicted octanol–water partition coefficient (Wildman–Crippen LogP) is 3.80. The Balaban J connectivity index is 1.51. The predicted molar refractivity (Wildman–Crippen MR) is 124 cm³/mol. The van der Waals surface area contributed by atoms with E-state index in [1.165, 1.54) is 30.2 Å². The van der Waals surface area contributed by atoms with E-state index in [1.807, 2.05) is 28.7 Å². The average Bonchev–Trinajstić information content (AvgIpc) is 3.20. The van der Waals surface area contributed by atoms with Crippen LogP contribution in [-0.2, 0) is 11.3 Å². The first kappa shape index (κ1) is 21.6. The zero-order valence-corrected chi connectivity index (χ0v) is 19.0. The standard InChI is InChI=1S/C23H29N5O2S/c1-16(2)14-27-21(30)18-10-6-7-11-19(18)28-22(27)25-26-23(28)31-15-20(29)24-13-12-17-8-4-3-5-9-17/h6-8,10-11,16H,3-5,9,12-15H2,1-2H3,(H,24,29). The molecule has 2 heterocycles. The summed E-state index contributed by atoms with van der Waals surface area (Å²) in [4.78, 5) is 25.4. The highest BCUT2D eigenvalue weighted by Gasteiger charge is 2.18. The molecule has 0 saturated carbocycles. The Morgan fingerprint density at radius 1 is 1.23 bits per heavy atom. The number of rotatable bonds is 8. The maximum atomic E-state index is 13.0. The summed E-state index contributed by atoms with van der Waals surface area (Å²) in [6, 6.07) is 7.49. The number of carbonyl (C=O) groups excluding carboxylic acids is 1. The van der Waals surface area contributed by atoms with Gasteiger partial charge in [0.25, 0.3) is 5.56 Å². The Hall–Kier alpha value is -2.61. The Bertz CT molecular complexity index is 1180. The topological polar surface area (TPSA) is 81.3 Å². The molecular formula is C23H29N5O2S. The fraction of sp³-hybridized carbons (Fsp3) is 0.478. The SMILES string of the molecule is CC(C)Cn1c(=O)c2ccccc2n2c(SCC(=O)NCCC3=CCCCC3)nnc12. The molecule has 0 unspecified atom stereocenters. The summed E-state index contributed by atoms with van der Waals surface area (Å²) in [5.74, 6) is 1.06. The fourth-order valence-electron chi connectivity index (χ4n) is 4.03. The van der Waals surface area contributed by atoms with Crippen LogP contribution in [0.1, 0.15) is 46.0 Å². The zero-order valence-electron chi connectivity index (χ0n) is 18.1. The van der Waals surface area contributed by atoms with Crippen LogP contribution in [0.15, 0.2) is 45.9 Å². The van der Waals surface area contributed by atoms with Gasteiger partial charge in [-0.1, -0.05) is 49.4 Å². The van der Waals surface area contributed by atoms with Crippen molar-refractivity contribution in [3.8, 4) is 0 Å². The summed E-state index contributed by atoms with van der Waals surface area (Å²) in [7, 11) is 0. The number of nitrogens with one attached hydrogen (secondary N) is 1. The number of benzene rings is 1. The Morgan fingerprint density at radius 2 is 2.06 bits per heavy atom. The van der Waals surface area contributed by atoms with E-state index in [2.05, 4.69) is 35.4 Å². The van der Waals surface area contributed by atoms with Gasteiger partial charge in [0, 0.05) is 13.1 Å². The highest BCUT2D eigenvalue weighted by molar-refractivity contribution is 7.99.